The summed E-state index contributed by atoms with van der Waals surface area (Å²) in [5.74, 6) is -0.911. The number of hydrogen-bond acceptors (Lipinski definition) is 5. The van der Waals surface area contributed by atoms with Crippen LogP contribution in [0.3, 0.4) is 0 Å². The van der Waals surface area contributed by atoms with E-state index in [9.17, 15) is 9.59 Å². The van der Waals surface area contributed by atoms with Crippen molar-refractivity contribution in [3.63, 3.8) is 0 Å². The number of likely N-dealkylation sites (tertiary alicyclic amines) is 1. The Labute approximate surface area is 208 Å². The van der Waals surface area contributed by atoms with Crippen LogP contribution in [0, 0.1) is 0 Å². The molecule has 0 saturated carbocycles. The highest BCUT2D eigenvalue weighted by Gasteiger charge is 2.60. The number of nitrogens with two attached hydrogens (primary N) is 1. The second kappa shape index (κ2) is 8.75. The summed E-state index contributed by atoms with van der Waals surface area (Å²) in [4.78, 5) is 27.2. The Balaban J connectivity index is 1.79. The lowest BCUT2D eigenvalue weighted by atomic mass is 9.65. The number of nitrogens with zero attached hydrogens (tertiary/aromatic N) is 1. The van der Waals surface area contributed by atoms with Crippen LogP contribution in [0.15, 0.2) is 42.5 Å². The Morgan fingerprint density at radius 2 is 1.76 bits per heavy atom. The number of carbonyl (C=O) groups is 2. The molecular formula is C24H26Cl3N3O3. The zero-order valence-electron chi connectivity index (χ0n) is 18.6. The molecule has 4 rings (SSSR count). The molecule has 4 atom stereocenters. The van der Waals surface area contributed by atoms with Crippen molar-refractivity contribution in [2.75, 3.05) is 13.1 Å². The molecule has 2 aromatic carbocycles. The van der Waals surface area contributed by atoms with E-state index in [1.165, 1.54) is 0 Å². The lowest BCUT2D eigenvalue weighted by Gasteiger charge is -2.47. The van der Waals surface area contributed by atoms with E-state index in [1.807, 2.05) is 18.2 Å². The van der Waals surface area contributed by atoms with Gasteiger partial charge in [0, 0.05) is 33.4 Å². The van der Waals surface area contributed by atoms with Crippen LogP contribution in [-0.2, 0) is 9.53 Å². The average Bonchev–Trinajstić information content (AvgIpc) is 2.98. The van der Waals surface area contributed by atoms with Crippen molar-refractivity contribution in [2.45, 2.75) is 49.8 Å². The van der Waals surface area contributed by atoms with E-state index in [4.69, 9.17) is 45.3 Å². The Hall–Kier alpha value is -1.83. The number of imide groups is 1. The second-order valence-corrected chi connectivity index (χ2v) is 10.9. The number of halogens is 3. The molecule has 3 N–H and O–H groups in total. The molecule has 0 aromatic heterocycles. The number of fused-ring (bicyclic) bond motifs is 1. The molecule has 2 saturated heterocycles. The van der Waals surface area contributed by atoms with Crippen LogP contribution in [0.5, 0.6) is 0 Å². The van der Waals surface area contributed by atoms with Gasteiger partial charge in [-0.05, 0) is 56.2 Å². The number of amides is 2. The summed E-state index contributed by atoms with van der Waals surface area (Å²) in [7, 11) is 0. The average molecular weight is 511 g/mol. The molecule has 4 unspecified atom stereocenters. The summed E-state index contributed by atoms with van der Waals surface area (Å²) in [5, 5.41) is 4.92. The number of carbonyl (C=O) groups excluding carboxylic acids is 2. The fourth-order valence-corrected chi connectivity index (χ4v) is 5.57. The van der Waals surface area contributed by atoms with Crippen molar-refractivity contribution in [2.24, 2.45) is 5.73 Å². The maximum absolute atomic E-state index is 13.3. The monoisotopic (exact) mass is 509 g/mol. The van der Waals surface area contributed by atoms with Crippen LogP contribution in [0.1, 0.15) is 43.7 Å². The Morgan fingerprint density at radius 1 is 1.12 bits per heavy atom. The minimum Gasteiger partial charge on any atom is -0.443 e. The summed E-state index contributed by atoms with van der Waals surface area (Å²) in [6.07, 6.45) is -0.704. The molecule has 0 aliphatic carbocycles. The molecule has 0 radical (unpaired) electrons. The fraction of sp³-hybridized carbons (Fsp3) is 0.417. The van der Waals surface area contributed by atoms with Crippen molar-refractivity contribution in [1.82, 2.24) is 10.2 Å². The van der Waals surface area contributed by atoms with Gasteiger partial charge in [-0.2, -0.15) is 0 Å². The quantitative estimate of drug-likeness (QED) is 0.596. The van der Waals surface area contributed by atoms with Crippen molar-refractivity contribution in [3.05, 3.63) is 68.7 Å². The van der Waals surface area contributed by atoms with Crippen LogP contribution in [0.4, 0.5) is 4.79 Å². The Bertz CT molecular complexity index is 1090. The van der Waals surface area contributed by atoms with Gasteiger partial charge in [0.1, 0.15) is 11.6 Å². The summed E-state index contributed by atoms with van der Waals surface area (Å²) in [5.41, 5.74) is 6.96. The third-order valence-electron chi connectivity index (χ3n) is 6.21. The number of nitrogens with one attached hydrogen (secondary N) is 1. The Kier molecular flexibility index (Phi) is 6.44. The number of hydrogen-bond donors (Lipinski definition) is 2. The lowest BCUT2D eigenvalue weighted by Crippen LogP contribution is -2.66. The van der Waals surface area contributed by atoms with E-state index in [-0.39, 0.29) is 18.4 Å². The van der Waals surface area contributed by atoms with E-state index >= 15 is 0 Å². The van der Waals surface area contributed by atoms with Gasteiger partial charge in [-0.3, -0.25) is 4.79 Å². The summed E-state index contributed by atoms with van der Waals surface area (Å²) >= 11 is 18.8. The highest BCUT2D eigenvalue weighted by atomic mass is 35.5. The maximum Gasteiger partial charge on any atom is 0.417 e. The number of rotatable bonds is 2. The van der Waals surface area contributed by atoms with E-state index in [2.05, 4.69) is 5.32 Å². The van der Waals surface area contributed by atoms with Gasteiger partial charge in [0.25, 0.3) is 5.91 Å². The first-order valence-corrected chi connectivity index (χ1v) is 11.8. The predicted octanol–water partition coefficient (Wildman–Crippen LogP) is 4.96. The van der Waals surface area contributed by atoms with E-state index < -0.39 is 29.2 Å². The van der Waals surface area contributed by atoms with Gasteiger partial charge in [0.2, 0.25) is 0 Å². The lowest BCUT2D eigenvalue weighted by molar-refractivity contribution is -0.129. The number of ether oxygens (including phenoxy) is 1. The maximum atomic E-state index is 13.3. The normalized spacial score (nSPS) is 27.4. The van der Waals surface area contributed by atoms with Crippen LogP contribution in [0.2, 0.25) is 15.1 Å². The molecule has 176 valence electrons. The van der Waals surface area contributed by atoms with Gasteiger partial charge in [-0.25, -0.2) is 9.69 Å². The fourth-order valence-electron chi connectivity index (χ4n) is 4.90. The molecule has 2 fully saturated rings. The first-order valence-electron chi connectivity index (χ1n) is 10.7. The smallest absolute Gasteiger partial charge is 0.417 e. The minimum atomic E-state index is -1.10. The minimum absolute atomic E-state index is 0.00736. The number of piperidine rings is 1. The second-order valence-electron chi connectivity index (χ2n) is 9.66. The molecule has 2 heterocycles. The van der Waals surface area contributed by atoms with Crippen molar-refractivity contribution >= 4 is 46.8 Å². The molecule has 6 nitrogen and oxygen atoms in total. The molecule has 2 aliphatic heterocycles. The van der Waals surface area contributed by atoms with E-state index in [0.717, 1.165) is 16.0 Å². The zero-order chi connectivity index (χ0) is 24.1. The molecular weight excluding hydrogens is 485 g/mol. The summed E-state index contributed by atoms with van der Waals surface area (Å²) in [6, 6.07) is 12.0. The summed E-state index contributed by atoms with van der Waals surface area (Å²) in [6.45, 7) is 5.71. The standard InChI is InChI=1S/C24H26Cl3N3O3/c1-23(2,3)33-22(32)30-12-24(28)19(13-4-6-14(25)7-5-13)17(11-29-20(24)21(30)31)16-9-8-15(26)10-18(16)27/h4-10,17,19-20,29H,11-12,28H2,1-3H3. The molecule has 33 heavy (non-hydrogen) atoms. The van der Waals surface area contributed by atoms with E-state index in [1.54, 1.807) is 45.0 Å². The molecule has 2 aromatic rings. The van der Waals surface area contributed by atoms with Crippen molar-refractivity contribution < 1.29 is 14.3 Å². The van der Waals surface area contributed by atoms with Crippen LogP contribution in [-0.4, -0.2) is 47.2 Å². The molecule has 2 amide bonds. The van der Waals surface area contributed by atoms with Gasteiger partial charge in [0.15, 0.2) is 0 Å². The molecule has 9 heteroatoms. The number of benzene rings is 2. The van der Waals surface area contributed by atoms with Crippen LogP contribution in [0.25, 0.3) is 0 Å². The van der Waals surface area contributed by atoms with Crippen LogP contribution < -0.4 is 11.1 Å². The van der Waals surface area contributed by atoms with E-state index in [0.29, 0.717) is 21.6 Å². The largest absolute Gasteiger partial charge is 0.443 e. The third kappa shape index (κ3) is 4.60. The Morgan fingerprint density at radius 3 is 2.36 bits per heavy atom. The highest BCUT2D eigenvalue weighted by Crippen LogP contribution is 2.48. The molecule has 0 bridgehead atoms. The van der Waals surface area contributed by atoms with Gasteiger partial charge in [-0.1, -0.05) is 53.0 Å². The third-order valence-corrected chi connectivity index (χ3v) is 7.03. The van der Waals surface area contributed by atoms with Crippen molar-refractivity contribution in [1.29, 1.82) is 0 Å². The molecule has 0 spiro atoms. The van der Waals surface area contributed by atoms with Crippen molar-refractivity contribution in [3.8, 4) is 0 Å². The topological polar surface area (TPSA) is 84.7 Å². The first-order chi connectivity index (χ1) is 15.4. The first kappa shape index (κ1) is 24.3. The zero-order valence-corrected chi connectivity index (χ0v) is 20.8. The van der Waals surface area contributed by atoms with Gasteiger partial charge in [-0.15, -0.1) is 0 Å². The van der Waals surface area contributed by atoms with Gasteiger partial charge < -0.3 is 15.8 Å². The van der Waals surface area contributed by atoms with Crippen LogP contribution >= 0.6 is 34.8 Å². The predicted molar refractivity (Wildman–Crippen MR) is 130 cm³/mol. The summed E-state index contributed by atoms with van der Waals surface area (Å²) < 4.78 is 5.47. The highest BCUT2D eigenvalue weighted by molar-refractivity contribution is 6.35. The SMILES string of the molecule is CC(C)(C)OC(=O)N1CC2(N)C(NCC(c3ccc(Cl)cc3Cl)C2c2ccc(Cl)cc2)C1=O. The van der Waals surface area contributed by atoms with Gasteiger partial charge >= 0.3 is 6.09 Å². The molecule has 2 aliphatic rings. The van der Waals surface area contributed by atoms with Gasteiger partial charge in [0.05, 0.1) is 12.1 Å².